The van der Waals surface area contributed by atoms with Gasteiger partial charge in [-0.2, -0.15) is 5.10 Å². The predicted molar refractivity (Wildman–Crippen MR) is 106 cm³/mol. The Labute approximate surface area is 158 Å². The van der Waals surface area contributed by atoms with Crippen LogP contribution in [0.4, 0.5) is 0 Å². The first kappa shape index (κ1) is 19.9. The molecule has 6 heteroatoms. The van der Waals surface area contributed by atoms with Crippen LogP contribution in [0.5, 0.6) is 5.75 Å². The summed E-state index contributed by atoms with van der Waals surface area (Å²) in [6.45, 7) is 6.35. The van der Waals surface area contributed by atoms with Crippen molar-refractivity contribution in [3.05, 3.63) is 77.9 Å². The van der Waals surface area contributed by atoms with E-state index in [2.05, 4.69) is 34.6 Å². The smallest absolute Gasteiger partial charge is 0.249 e. The second kappa shape index (κ2) is 10.6. The number of nitrogens with one attached hydrogen (secondary N) is 2. The third-order valence-electron chi connectivity index (χ3n) is 3.57. The highest BCUT2D eigenvalue weighted by atomic mass is 16.5. The molecule has 0 saturated carbocycles. The van der Waals surface area contributed by atoms with Gasteiger partial charge in [-0.05, 0) is 42.3 Å². The molecule has 0 fully saturated rings. The molecule has 0 radical (unpaired) electrons. The number of ether oxygens (including phenoxy) is 1. The molecule has 0 aliphatic rings. The summed E-state index contributed by atoms with van der Waals surface area (Å²) in [5.41, 5.74) is 5.43. The van der Waals surface area contributed by atoms with Crippen LogP contribution in [0.1, 0.15) is 23.1 Å². The summed E-state index contributed by atoms with van der Waals surface area (Å²) in [5, 5.41) is 6.36. The van der Waals surface area contributed by atoms with Gasteiger partial charge in [0.15, 0.2) is 0 Å². The Bertz CT molecular complexity index is 796. The summed E-state index contributed by atoms with van der Waals surface area (Å²) in [6, 6.07) is 15.5. The number of hydrazone groups is 1. The molecule has 0 aliphatic carbocycles. The van der Waals surface area contributed by atoms with E-state index in [0.29, 0.717) is 13.2 Å². The second-order valence-corrected chi connectivity index (χ2v) is 5.91. The highest BCUT2D eigenvalue weighted by Gasteiger charge is 2.06. The summed E-state index contributed by atoms with van der Waals surface area (Å²) in [5.74, 6) is -0.112. The number of aryl methyl sites for hydroxylation is 1. The Hall–Kier alpha value is -3.41. The van der Waals surface area contributed by atoms with Gasteiger partial charge in [0.1, 0.15) is 18.8 Å². The summed E-state index contributed by atoms with van der Waals surface area (Å²) < 4.78 is 5.74. The first-order valence-electron chi connectivity index (χ1n) is 8.54. The molecule has 2 rings (SSSR count). The quantitative estimate of drug-likeness (QED) is 0.310. The minimum absolute atomic E-state index is 0.281. The van der Waals surface area contributed by atoms with E-state index in [1.165, 1.54) is 11.8 Å². The monoisotopic (exact) mass is 365 g/mol. The highest BCUT2D eigenvalue weighted by Crippen LogP contribution is 2.14. The lowest BCUT2D eigenvalue weighted by Gasteiger charge is -2.07. The fourth-order valence-electron chi connectivity index (χ4n) is 2.11. The lowest BCUT2D eigenvalue weighted by atomic mass is 10.2. The van der Waals surface area contributed by atoms with E-state index in [1.807, 2.05) is 43.3 Å². The maximum absolute atomic E-state index is 11.6. The van der Waals surface area contributed by atoms with Crippen molar-refractivity contribution in [3.63, 3.8) is 0 Å². The van der Waals surface area contributed by atoms with Crippen LogP contribution >= 0.6 is 0 Å². The van der Waals surface area contributed by atoms with E-state index in [9.17, 15) is 9.59 Å². The molecule has 6 nitrogen and oxygen atoms in total. The average molecular weight is 365 g/mol. The third kappa shape index (κ3) is 7.56. The van der Waals surface area contributed by atoms with Crippen molar-refractivity contribution in [2.75, 3.05) is 6.54 Å². The zero-order chi connectivity index (χ0) is 19.5. The Morgan fingerprint density at radius 3 is 2.44 bits per heavy atom. The number of hydrogen-bond acceptors (Lipinski definition) is 4. The van der Waals surface area contributed by atoms with E-state index < -0.39 is 5.91 Å². The largest absolute Gasteiger partial charge is 0.489 e. The topological polar surface area (TPSA) is 79.8 Å². The second-order valence-electron chi connectivity index (χ2n) is 5.91. The van der Waals surface area contributed by atoms with Gasteiger partial charge in [0, 0.05) is 6.54 Å². The van der Waals surface area contributed by atoms with Crippen molar-refractivity contribution in [2.24, 2.45) is 5.10 Å². The molecule has 0 aromatic heterocycles. The Kier molecular flexibility index (Phi) is 7.78. The number of benzene rings is 2. The van der Waals surface area contributed by atoms with Crippen LogP contribution in [0.2, 0.25) is 0 Å². The van der Waals surface area contributed by atoms with Gasteiger partial charge in [-0.15, -0.1) is 6.58 Å². The third-order valence-corrected chi connectivity index (χ3v) is 3.57. The first-order chi connectivity index (χ1) is 13.1. The molecule has 0 spiro atoms. The SMILES string of the molecule is C=CCNC(=O)CC(=O)NN=Cc1ccc(OCc2ccc(C)cc2)cc1. The van der Waals surface area contributed by atoms with Crippen molar-refractivity contribution >= 4 is 18.0 Å². The van der Waals surface area contributed by atoms with E-state index in [-0.39, 0.29) is 12.3 Å². The van der Waals surface area contributed by atoms with Crippen LogP contribution in [0.3, 0.4) is 0 Å². The molecule has 0 unspecified atom stereocenters. The van der Waals surface area contributed by atoms with Crippen LogP contribution < -0.4 is 15.5 Å². The van der Waals surface area contributed by atoms with Crippen molar-refractivity contribution < 1.29 is 14.3 Å². The summed E-state index contributed by atoms with van der Waals surface area (Å²) in [6.07, 6.45) is 2.77. The maximum Gasteiger partial charge on any atom is 0.249 e. The minimum Gasteiger partial charge on any atom is -0.489 e. The minimum atomic E-state index is -0.481. The van der Waals surface area contributed by atoms with Crippen LogP contribution in [-0.2, 0) is 16.2 Å². The lowest BCUT2D eigenvalue weighted by Crippen LogP contribution is -2.29. The molecule has 0 bridgehead atoms. The van der Waals surface area contributed by atoms with Crippen molar-refractivity contribution in [2.45, 2.75) is 20.0 Å². The molecule has 2 N–H and O–H groups in total. The van der Waals surface area contributed by atoms with Gasteiger partial charge in [-0.25, -0.2) is 5.43 Å². The number of carbonyl (C=O) groups excluding carboxylic acids is 2. The number of amides is 2. The molecule has 2 aromatic rings. The summed E-state index contributed by atoms with van der Waals surface area (Å²) in [4.78, 5) is 22.9. The molecule has 0 aliphatic heterocycles. The molecule has 27 heavy (non-hydrogen) atoms. The number of carbonyl (C=O) groups is 2. The van der Waals surface area contributed by atoms with Crippen molar-refractivity contribution in [3.8, 4) is 5.75 Å². The fourth-order valence-corrected chi connectivity index (χ4v) is 2.11. The van der Waals surface area contributed by atoms with E-state index in [4.69, 9.17) is 4.74 Å². The van der Waals surface area contributed by atoms with Gasteiger partial charge in [-0.3, -0.25) is 9.59 Å². The molecule has 2 amide bonds. The van der Waals surface area contributed by atoms with E-state index >= 15 is 0 Å². The van der Waals surface area contributed by atoms with Crippen LogP contribution in [-0.4, -0.2) is 24.6 Å². The van der Waals surface area contributed by atoms with Crippen molar-refractivity contribution in [1.82, 2.24) is 10.7 Å². The van der Waals surface area contributed by atoms with E-state index in [1.54, 1.807) is 6.08 Å². The van der Waals surface area contributed by atoms with Gasteiger partial charge >= 0.3 is 0 Å². The van der Waals surface area contributed by atoms with Gasteiger partial charge in [0.25, 0.3) is 0 Å². The number of hydrogen-bond donors (Lipinski definition) is 2. The summed E-state index contributed by atoms with van der Waals surface area (Å²) in [7, 11) is 0. The zero-order valence-electron chi connectivity index (χ0n) is 15.3. The molecule has 0 heterocycles. The molecular formula is C21H23N3O3. The number of nitrogens with zero attached hydrogens (tertiary/aromatic N) is 1. The van der Waals surface area contributed by atoms with Crippen molar-refractivity contribution in [1.29, 1.82) is 0 Å². The molecule has 140 valence electrons. The van der Waals surface area contributed by atoms with Crippen LogP contribution in [0.15, 0.2) is 66.3 Å². The molecule has 0 saturated heterocycles. The maximum atomic E-state index is 11.6. The highest BCUT2D eigenvalue weighted by molar-refractivity contribution is 5.97. The normalized spacial score (nSPS) is 10.4. The molecular weight excluding hydrogens is 342 g/mol. The van der Waals surface area contributed by atoms with E-state index in [0.717, 1.165) is 16.9 Å². The Morgan fingerprint density at radius 2 is 1.78 bits per heavy atom. The predicted octanol–water partition coefficient (Wildman–Crippen LogP) is 2.72. The standard InChI is InChI=1S/C21H23N3O3/c1-3-12-22-20(25)13-21(26)24-23-14-17-8-10-19(11-9-17)27-15-18-6-4-16(2)5-7-18/h3-11,14H,1,12-13,15H2,2H3,(H,22,25)(H,24,26). The van der Waals surface area contributed by atoms with Gasteiger partial charge in [0.2, 0.25) is 11.8 Å². The van der Waals surface area contributed by atoms with Gasteiger partial charge < -0.3 is 10.1 Å². The molecule has 2 aromatic carbocycles. The van der Waals surface area contributed by atoms with Crippen LogP contribution in [0, 0.1) is 6.92 Å². The fraction of sp³-hybridized carbons (Fsp3) is 0.190. The summed E-state index contributed by atoms with van der Waals surface area (Å²) >= 11 is 0. The average Bonchev–Trinajstić information content (AvgIpc) is 2.67. The van der Waals surface area contributed by atoms with Crippen LogP contribution in [0.25, 0.3) is 0 Å². The Balaban J connectivity index is 1.76. The Morgan fingerprint density at radius 1 is 1.07 bits per heavy atom. The van der Waals surface area contributed by atoms with Gasteiger partial charge in [-0.1, -0.05) is 35.9 Å². The number of rotatable bonds is 9. The van der Waals surface area contributed by atoms with Gasteiger partial charge in [0.05, 0.1) is 6.21 Å². The first-order valence-corrected chi connectivity index (χ1v) is 8.54. The zero-order valence-corrected chi connectivity index (χ0v) is 15.3. The lowest BCUT2D eigenvalue weighted by molar-refractivity contribution is -0.129. The molecule has 0 atom stereocenters.